The Morgan fingerprint density at radius 1 is 1.16 bits per heavy atom. The zero-order valence-corrected chi connectivity index (χ0v) is 18.8. The maximum atomic E-state index is 12.4. The molecule has 0 unspecified atom stereocenters. The molecule has 0 aliphatic carbocycles. The van der Waals surface area contributed by atoms with E-state index in [2.05, 4.69) is 51.4 Å². The summed E-state index contributed by atoms with van der Waals surface area (Å²) in [5.41, 5.74) is 4.46. The lowest BCUT2D eigenvalue weighted by Gasteiger charge is -2.32. The van der Waals surface area contributed by atoms with Gasteiger partial charge in [0.05, 0.1) is 17.8 Å². The van der Waals surface area contributed by atoms with Gasteiger partial charge in [-0.2, -0.15) is 0 Å². The molecule has 31 heavy (non-hydrogen) atoms. The van der Waals surface area contributed by atoms with Crippen LogP contribution in [0.4, 0.5) is 5.69 Å². The van der Waals surface area contributed by atoms with Crippen molar-refractivity contribution in [2.24, 2.45) is 0 Å². The number of hydrogen-bond donors (Lipinski definition) is 2. The van der Waals surface area contributed by atoms with E-state index in [0.29, 0.717) is 5.69 Å². The topological polar surface area (TPSA) is 68.7 Å². The highest BCUT2D eigenvalue weighted by Crippen LogP contribution is 2.27. The number of amides is 1. The Balaban J connectivity index is 1.38. The first-order valence-corrected chi connectivity index (χ1v) is 11.4. The molecular weight excluding hydrogens is 408 g/mol. The summed E-state index contributed by atoms with van der Waals surface area (Å²) in [7, 11) is 2.17. The minimum atomic E-state index is -0.195. The van der Waals surface area contributed by atoms with E-state index in [0.717, 1.165) is 54.6 Å². The monoisotopic (exact) mass is 436 g/mol. The highest BCUT2D eigenvalue weighted by atomic mass is 32.1. The Hall–Kier alpha value is -2.74. The van der Waals surface area contributed by atoms with Gasteiger partial charge in [0.1, 0.15) is 10.8 Å². The van der Waals surface area contributed by atoms with Crippen molar-refractivity contribution in [1.29, 1.82) is 0 Å². The number of nitrogens with zero attached hydrogens (tertiary/aromatic N) is 3. The number of rotatable bonds is 6. The van der Waals surface area contributed by atoms with E-state index in [1.165, 1.54) is 5.56 Å². The van der Waals surface area contributed by atoms with Gasteiger partial charge in [-0.3, -0.25) is 9.69 Å². The van der Waals surface area contributed by atoms with E-state index < -0.39 is 0 Å². The van der Waals surface area contributed by atoms with Crippen LogP contribution in [0, 0.1) is 6.92 Å². The molecule has 162 valence electrons. The van der Waals surface area contributed by atoms with Crippen LogP contribution < -0.4 is 5.32 Å². The van der Waals surface area contributed by atoms with E-state index in [1.807, 2.05) is 18.4 Å². The van der Waals surface area contributed by atoms with Gasteiger partial charge < -0.3 is 15.3 Å². The zero-order chi connectivity index (χ0) is 21.8. The van der Waals surface area contributed by atoms with Crippen LogP contribution >= 0.6 is 11.3 Å². The van der Waals surface area contributed by atoms with Crippen molar-refractivity contribution in [3.05, 3.63) is 64.7 Å². The van der Waals surface area contributed by atoms with Crippen molar-refractivity contribution in [2.75, 3.05) is 38.5 Å². The largest absolute Gasteiger partial charge is 0.506 e. The van der Waals surface area contributed by atoms with Gasteiger partial charge in [0.25, 0.3) is 0 Å². The second kappa shape index (κ2) is 9.60. The van der Waals surface area contributed by atoms with Crippen LogP contribution in [0.1, 0.15) is 16.8 Å². The third-order valence-corrected chi connectivity index (χ3v) is 6.44. The van der Waals surface area contributed by atoms with Gasteiger partial charge in [-0.25, -0.2) is 4.98 Å². The van der Waals surface area contributed by atoms with Gasteiger partial charge in [-0.1, -0.05) is 24.3 Å². The van der Waals surface area contributed by atoms with Gasteiger partial charge in [-0.05, 0) is 43.3 Å². The average Bonchev–Trinajstić information content (AvgIpc) is 3.20. The summed E-state index contributed by atoms with van der Waals surface area (Å²) in [6.45, 7) is 7.24. The Labute approximate surface area is 187 Å². The highest BCUT2D eigenvalue weighted by Gasteiger charge is 2.15. The molecule has 4 rings (SSSR count). The molecule has 2 N–H and O–H groups in total. The SMILES string of the molecule is Cc1ccc(NC(=O)Cc2csc(-c3cccc(CN4CCN(C)CC4)c3)n2)c(O)c1. The molecule has 1 fully saturated rings. The van der Waals surface area contributed by atoms with E-state index in [-0.39, 0.29) is 18.1 Å². The van der Waals surface area contributed by atoms with Crippen LogP contribution in [0.5, 0.6) is 5.75 Å². The summed E-state index contributed by atoms with van der Waals surface area (Å²) in [4.78, 5) is 21.9. The van der Waals surface area contributed by atoms with Gasteiger partial charge >= 0.3 is 0 Å². The predicted molar refractivity (Wildman–Crippen MR) is 126 cm³/mol. The molecule has 2 aromatic carbocycles. The summed E-state index contributed by atoms with van der Waals surface area (Å²) >= 11 is 1.55. The number of hydrogen-bond acceptors (Lipinski definition) is 6. The van der Waals surface area contributed by atoms with Crippen molar-refractivity contribution in [1.82, 2.24) is 14.8 Å². The average molecular weight is 437 g/mol. The molecule has 0 spiro atoms. The third kappa shape index (κ3) is 5.70. The molecule has 2 heterocycles. The molecule has 0 radical (unpaired) electrons. The molecular formula is C24H28N4O2S. The van der Waals surface area contributed by atoms with Crippen molar-refractivity contribution < 1.29 is 9.90 Å². The van der Waals surface area contributed by atoms with Crippen LogP contribution in [0.3, 0.4) is 0 Å². The Kier molecular flexibility index (Phi) is 6.65. The second-order valence-corrected chi connectivity index (χ2v) is 9.03. The number of thiazole rings is 1. The van der Waals surface area contributed by atoms with Crippen LogP contribution in [-0.4, -0.2) is 59.0 Å². The number of aromatic nitrogens is 1. The molecule has 6 nitrogen and oxygen atoms in total. The normalized spacial score (nSPS) is 15.2. The Bertz CT molecular complexity index is 1060. The minimum absolute atomic E-state index is 0.0736. The summed E-state index contributed by atoms with van der Waals surface area (Å²) in [6, 6.07) is 13.7. The number of aromatic hydroxyl groups is 1. The molecule has 1 aliphatic heterocycles. The van der Waals surface area contributed by atoms with Crippen LogP contribution in [-0.2, 0) is 17.8 Å². The molecule has 1 saturated heterocycles. The van der Waals surface area contributed by atoms with E-state index >= 15 is 0 Å². The fourth-order valence-corrected chi connectivity index (χ4v) is 4.51. The highest BCUT2D eigenvalue weighted by molar-refractivity contribution is 7.13. The van der Waals surface area contributed by atoms with Crippen LogP contribution in [0.2, 0.25) is 0 Å². The standard InChI is InChI=1S/C24H28N4O2S/c1-17-6-7-21(22(29)12-17)26-23(30)14-20-16-31-24(25-20)19-5-3-4-18(13-19)15-28-10-8-27(2)9-11-28/h3-7,12-13,16,29H,8-11,14-15H2,1-2H3,(H,26,30). The number of phenolic OH excluding ortho intramolecular Hbond substituents is 1. The fraction of sp³-hybridized carbons (Fsp3) is 0.333. The number of piperazine rings is 1. The third-order valence-electron chi connectivity index (χ3n) is 5.50. The fourth-order valence-electron chi connectivity index (χ4n) is 3.69. The summed E-state index contributed by atoms with van der Waals surface area (Å²) in [5.74, 6) is -0.121. The number of likely N-dealkylation sites (N-methyl/N-ethyl adjacent to an activating group) is 1. The number of carbonyl (C=O) groups excluding carboxylic acids is 1. The first-order chi connectivity index (χ1) is 15.0. The molecule has 7 heteroatoms. The first-order valence-electron chi connectivity index (χ1n) is 10.5. The number of benzene rings is 2. The second-order valence-electron chi connectivity index (χ2n) is 8.17. The number of phenols is 1. The van der Waals surface area contributed by atoms with Gasteiger partial charge in [0, 0.05) is 43.7 Å². The van der Waals surface area contributed by atoms with Gasteiger partial charge in [-0.15, -0.1) is 11.3 Å². The lowest BCUT2D eigenvalue weighted by atomic mass is 10.1. The van der Waals surface area contributed by atoms with E-state index in [4.69, 9.17) is 0 Å². The van der Waals surface area contributed by atoms with Gasteiger partial charge in [0.2, 0.25) is 5.91 Å². The minimum Gasteiger partial charge on any atom is -0.506 e. The number of aryl methyl sites for hydroxylation is 1. The maximum Gasteiger partial charge on any atom is 0.230 e. The molecule has 0 bridgehead atoms. The lowest BCUT2D eigenvalue weighted by molar-refractivity contribution is -0.115. The van der Waals surface area contributed by atoms with E-state index in [1.54, 1.807) is 23.5 Å². The summed E-state index contributed by atoms with van der Waals surface area (Å²) < 4.78 is 0. The lowest BCUT2D eigenvalue weighted by Crippen LogP contribution is -2.43. The Morgan fingerprint density at radius 2 is 1.97 bits per heavy atom. The van der Waals surface area contributed by atoms with Crippen molar-refractivity contribution in [2.45, 2.75) is 19.9 Å². The van der Waals surface area contributed by atoms with E-state index in [9.17, 15) is 9.90 Å². The molecule has 1 aliphatic rings. The Morgan fingerprint density at radius 3 is 2.74 bits per heavy atom. The smallest absolute Gasteiger partial charge is 0.230 e. The zero-order valence-electron chi connectivity index (χ0n) is 18.0. The quantitative estimate of drug-likeness (QED) is 0.576. The van der Waals surface area contributed by atoms with Gasteiger partial charge in [0.15, 0.2) is 0 Å². The molecule has 0 atom stereocenters. The molecule has 1 aromatic heterocycles. The maximum absolute atomic E-state index is 12.4. The summed E-state index contributed by atoms with van der Waals surface area (Å²) in [5, 5.41) is 15.6. The van der Waals surface area contributed by atoms with Crippen molar-refractivity contribution in [3.8, 4) is 16.3 Å². The summed E-state index contributed by atoms with van der Waals surface area (Å²) in [6.07, 6.45) is 0.171. The first kappa shape index (κ1) is 21.5. The van der Waals surface area contributed by atoms with Crippen LogP contribution in [0.15, 0.2) is 47.8 Å². The molecule has 0 saturated carbocycles. The predicted octanol–water partition coefficient (Wildman–Crippen LogP) is 3.75. The van der Waals surface area contributed by atoms with Crippen molar-refractivity contribution >= 4 is 22.9 Å². The van der Waals surface area contributed by atoms with Crippen LogP contribution in [0.25, 0.3) is 10.6 Å². The number of anilines is 1. The molecule has 1 amide bonds. The van der Waals surface area contributed by atoms with Crippen molar-refractivity contribution in [3.63, 3.8) is 0 Å². The molecule has 3 aromatic rings. The number of carbonyl (C=O) groups is 1. The number of nitrogens with one attached hydrogen (secondary N) is 1.